The zero-order valence-corrected chi connectivity index (χ0v) is 18.7. The molecule has 1 aromatic heterocycles. The average molecular weight is 455 g/mol. The highest BCUT2D eigenvalue weighted by atomic mass is 35.5. The second-order valence-electron chi connectivity index (χ2n) is 8.09. The van der Waals surface area contributed by atoms with Gasteiger partial charge in [-0.05, 0) is 55.9 Å². The Morgan fingerprint density at radius 1 is 0.969 bits per heavy atom. The number of fused-ring (bicyclic) bond motifs is 1. The number of benzene rings is 2. The van der Waals surface area contributed by atoms with Crippen LogP contribution in [0.3, 0.4) is 0 Å². The van der Waals surface area contributed by atoms with Gasteiger partial charge in [0.2, 0.25) is 6.79 Å². The molecule has 32 heavy (non-hydrogen) atoms. The summed E-state index contributed by atoms with van der Waals surface area (Å²) in [7, 11) is 0. The van der Waals surface area contributed by atoms with E-state index in [0.717, 1.165) is 79.2 Å². The average Bonchev–Trinajstić information content (AvgIpc) is 3.48. The molecule has 2 aliphatic heterocycles. The second kappa shape index (κ2) is 9.81. The standard InChI is InChI=1S/C24H27ClN4O3/c25-19-3-1-4-20(14-19)29-11-9-28(10-12-29)8-2-7-26-16-21-15-22(27-32-21)18-5-6-23-24(13-18)31-17-30-23/h1,3-6,13-15,26H,2,7-12,16-17H2. The van der Waals surface area contributed by atoms with Crippen LogP contribution in [0.2, 0.25) is 5.02 Å². The summed E-state index contributed by atoms with van der Waals surface area (Å²) in [5, 5.41) is 8.44. The van der Waals surface area contributed by atoms with Crippen molar-refractivity contribution in [2.24, 2.45) is 0 Å². The largest absolute Gasteiger partial charge is 0.454 e. The Morgan fingerprint density at radius 3 is 2.72 bits per heavy atom. The van der Waals surface area contributed by atoms with Crippen molar-refractivity contribution in [1.82, 2.24) is 15.4 Å². The van der Waals surface area contributed by atoms with Gasteiger partial charge in [0.05, 0.1) is 6.54 Å². The maximum absolute atomic E-state index is 6.12. The maximum Gasteiger partial charge on any atom is 0.231 e. The van der Waals surface area contributed by atoms with Crippen LogP contribution >= 0.6 is 11.6 Å². The van der Waals surface area contributed by atoms with Crippen molar-refractivity contribution in [1.29, 1.82) is 0 Å². The number of piperazine rings is 1. The van der Waals surface area contributed by atoms with E-state index in [-0.39, 0.29) is 6.79 Å². The lowest BCUT2D eigenvalue weighted by atomic mass is 10.1. The van der Waals surface area contributed by atoms with Crippen molar-refractivity contribution >= 4 is 17.3 Å². The molecule has 0 saturated carbocycles. The summed E-state index contributed by atoms with van der Waals surface area (Å²) in [4.78, 5) is 4.93. The van der Waals surface area contributed by atoms with E-state index in [1.807, 2.05) is 42.5 Å². The van der Waals surface area contributed by atoms with Crippen LogP contribution in [-0.2, 0) is 6.54 Å². The van der Waals surface area contributed by atoms with Gasteiger partial charge in [-0.25, -0.2) is 0 Å². The third-order valence-corrected chi connectivity index (χ3v) is 6.14. The first-order valence-corrected chi connectivity index (χ1v) is 11.4. The number of anilines is 1. The molecule has 0 bridgehead atoms. The van der Waals surface area contributed by atoms with Crippen LogP contribution in [0.15, 0.2) is 53.1 Å². The van der Waals surface area contributed by atoms with E-state index in [4.69, 9.17) is 25.6 Å². The number of nitrogens with one attached hydrogen (secondary N) is 1. The Morgan fingerprint density at radius 2 is 1.84 bits per heavy atom. The molecule has 1 saturated heterocycles. The lowest BCUT2D eigenvalue weighted by Gasteiger charge is -2.36. The van der Waals surface area contributed by atoms with Crippen molar-refractivity contribution in [3.8, 4) is 22.8 Å². The third kappa shape index (κ3) is 5.01. The van der Waals surface area contributed by atoms with E-state index in [2.05, 4.69) is 26.3 Å². The Balaban J connectivity index is 1.01. The molecule has 0 aliphatic carbocycles. The minimum Gasteiger partial charge on any atom is -0.454 e. The Bertz CT molecular complexity index is 1050. The van der Waals surface area contributed by atoms with E-state index in [1.54, 1.807) is 0 Å². The van der Waals surface area contributed by atoms with E-state index < -0.39 is 0 Å². The molecular formula is C24H27ClN4O3. The molecule has 0 atom stereocenters. The molecule has 3 heterocycles. The van der Waals surface area contributed by atoms with Gasteiger partial charge in [-0.1, -0.05) is 22.8 Å². The number of aromatic nitrogens is 1. The Kier molecular flexibility index (Phi) is 6.48. The predicted octanol–water partition coefficient (Wildman–Crippen LogP) is 4.03. The molecule has 0 spiro atoms. The van der Waals surface area contributed by atoms with Gasteiger partial charge in [0, 0.05) is 48.5 Å². The normalized spacial score (nSPS) is 16.0. The Labute approximate surface area is 192 Å². The van der Waals surface area contributed by atoms with Gasteiger partial charge < -0.3 is 24.2 Å². The Hall–Kier alpha value is -2.74. The molecule has 0 radical (unpaired) electrons. The maximum atomic E-state index is 6.12. The first-order valence-electron chi connectivity index (χ1n) is 11.0. The molecule has 168 valence electrons. The minimum atomic E-state index is 0.268. The molecule has 1 N–H and O–H groups in total. The number of hydrogen-bond acceptors (Lipinski definition) is 7. The summed E-state index contributed by atoms with van der Waals surface area (Å²) in [6.07, 6.45) is 1.10. The molecule has 1 fully saturated rings. The number of ether oxygens (including phenoxy) is 2. The smallest absolute Gasteiger partial charge is 0.231 e. The number of nitrogens with zero attached hydrogens (tertiary/aromatic N) is 3. The minimum absolute atomic E-state index is 0.268. The summed E-state index contributed by atoms with van der Waals surface area (Å²) in [5.74, 6) is 2.34. The van der Waals surface area contributed by atoms with Crippen LogP contribution in [0.1, 0.15) is 12.2 Å². The first kappa shape index (κ1) is 21.1. The van der Waals surface area contributed by atoms with E-state index in [0.29, 0.717) is 6.54 Å². The molecule has 2 aromatic carbocycles. The molecule has 7 nitrogen and oxygen atoms in total. The van der Waals surface area contributed by atoms with E-state index in [9.17, 15) is 0 Å². The third-order valence-electron chi connectivity index (χ3n) is 5.90. The fourth-order valence-corrected chi connectivity index (χ4v) is 4.31. The second-order valence-corrected chi connectivity index (χ2v) is 8.52. The first-order chi connectivity index (χ1) is 15.7. The fourth-order valence-electron chi connectivity index (χ4n) is 4.13. The van der Waals surface area contributed by atoms with Crippen LogP contribution in [0.5, 0.6) is 11.5 Å². The van der Waals surface area contributed by atoms with Crippen molar-refractivity contribution in [3.63, 3.8) is 0 Å². The fraction of sp³-hybridized carbons (Fsp3) is 0.375. The van der Waals surface area contributed by atoms with Gasteiger partial charge in [-0.3, -0.25) is 4.90 Å². The van der Waals surface area contributed by atoms with Crippen LogP contribution < -0.4 is 19.7 Å². The SMILES string of the molecule is Clc1cccc(N2CCN(CCCNCc3cc(-c4ccc5c(c4)OCO5)no3)CC2)c1. The zero-order chi connectivity index (χ0) is 21.8. The topological polar surface area (TPSA) is 63.0 Å². The lowest BCUT2D eigenvalue weighted by Crippen LogP contribution is -2.47. The summed E-state index contributed by atoms with van der Waals surface area (Å²) in [5.41, 5.74) is 2.98. The van der Waals surface area contributed by atoms with Crippen molar-refractivity contribution < 1.29 is 14.0 Å². The highest BCUT2D eigenvalue weighted by molar-refractivity contribution is 6.30. The summed E-state index contributed by atoms with van der Waals surface area (Å²) < 4.78 is 16.3. The van der Waals surface area contributed by atoms with Gasteiger partial charge in [0.1, 0.15) is 5.69 Å². The lowest BCUT2D eigenvalue weighted by molar-refractivity contribution is 0.174. The van der Waals surface area contributed by atoms with Gasteiger partial charge in [0.25, 0.3) is 0 Å². The summed E-state index contributed by atoms with van der Waals surface area (Å²) >= 11 is 6.12. The van der Waals surface area contributed by atoms with Crippen LogP contribution in [0.25, 0.3) is 11.3 Å². The van der Waals surface area contributed by atoms with E-state index in [1.165, 1.54) is 5.69 Å². The highest BCUT2D eigenvalue weighted by Crippen LogP contribution is 2.35. The van der Waals surface area contributed by atoms with E-state index >= 15 is 0 Å². The molecule has 8 heteroatoms. The number of hydrogen-bond donors (Lipinski definition) is 1. The van der Waals surface area contributed by atoms with Crippen LogP contribution in [-0.4, -0.2) is 56.1 Å². The van der Waals surface area contributed by atoms with Gasteiger partial charge in [-0.15, -0.1) is 0 Å². The molecule has 0 unspecified atom stereocenters. The molecule has 2 aliphatic rings. The molecule has 3 aromatic rings. The number of halogens is 1. The van der Waals surface area contributed by atoms with Crippen LogP contribution in [0.4, 0.5) is 5.69 Å². The molecule has 0 amide bonds. The predicted molar refractivity (Wildman–Crippen MR) is 124 cm³/mol. The van der Waals surface area contributed by atoms with Crippen molar-refractivity contribution in [3.05, 3.63) is 59.3 Å². The summed E-state index contributed by atoms with van der Waals surface area (Å²) in [6.45, 7) is 7.19. The zero-order valence-electron chi connectivity index (χ0n) is 17.9. The highest BCUT2D eigenvalue weighted by Gasteiger charge is 2.17. The summed E-state index contributed by atoms with van der Waals surface area (Å²) in [6, 6.07) is 15.9. The monoisotopic (exact) mass is 454 g/mol. The molecule has 5 rings (SSSR count). The molecular weight excluding hydrogens is 428 g/mol. The van der Waals surface area contributed by atoms with Crippen LogP contribution in [0, 0.1) is 0 Å². The quantitative estimate of drug-likeness (QED) is 0.515. The van der Waals surface area contributed by atoms with Gasteiger partial charge in [0.15, 0.2) is 17.3 Å². The van der Waals surface area contributed by atoms with Crippen molar-refractivity contribution in [2.75, 3.05) is 51.0 Å². The number of rotatable bonds is 8. The van der Waals surface area contributed by atoms with Gasteiger partial charge in [-0.2, -0.15) is 0 Å². The van der Waals surface area contributed by atoms with Crippen molar-refractivity contribution in [2.45, 2.75) is 13.0 Å². The van der Waals surface area contributed by atoms with Gasteiger partial charge >= 0.3 is 0 Å².